The van der Waals surface area contributed by atoms with Crippen LogP contribution in [0.3, 0.4) is 0 Å². The maximum atomic E-state index is 13.2. The van der Waals surface area contributed by atoms with Crippen molar-refractivity contribution < 1.29 is 9.53 Å². The summed E-state index contributed by atoms with van der Waals surface area (Å²) in [6.07, 6.45) is 2.12. The number of hydrogen-bond donors (Lipinski definition) is 1. The highest BCUT2D eigenvalue weighted by Crippen LogP contribution is 2.27. The third kappa shape index (κ3) is 3.24. The summed E-state index contributed by atoms with van der Waals surface area (Å²) in [5.74, 6) is 0.804. The first-order valence-electron chi connectivity index (χ1n) is 9.96. The second-order valence-electron chi connectivity index (χ2n) is 7.63. The summed E-state index contributed by atoms with van der Waals surface area (Å²) >= 11 is 0. The van der Waals surface area contributed by atoms with E-state index >= 15 is 0 Å². The van der Waals surface area contributed by atoms with E-state index in [1.807, 2.05) is 53.4 Å². The normalized spacial score (nSPS) is 21.6. The van der Waals surface area contributed by atoms with Crippen LogP contribution in [0.5, 0.6) is 5.75 Å². The zero-order chi connectivity index (χ0) is 18.9. The van der Waals surface area contributed by atoms with Crippen LogP contribution in [-0.4, -0.2) is 58.1 Å². The largest absolute Gasteiger partial charge is 0.489 e. The van der Waals surface area contributed by atoms with Crippen molar-refractivity contribution in [2.75, 3.05) is 26.2 Å². The van der Waals surface area contributed by atoms with Crippen LogP contribution in [0, 0.1) is 0 Å². The van der Waals surface area contributed by atoms with Crippen molar-refractivity contribution >= 4 is 16.8 Å². The van der Waals surface area contributed by atoms with Crippen molar-refractivity contribution in [1.29, 1.82) is 0 Å². The highest BCUT2D eigenvalue weighted by atomic mass is 16.5. The number of aromatic amines is 1. The minimum Gasteiger partial charge on any atom is -0.489 e. The molecule has 0 saturated carbocycles. The lowest BCUT2D eigenvalue weighted by atomic mass is 10.0. The summed E-state index contributed by atoms with van der Waals surface area (Å²) in [5, 5.41) is 8.23. The number of aromatic nitrogens is 2. The van der Waals surface area contributed by atoms with E-state index in [2.05, 4.69) is 15.1 Å². The van der Waals surface area contributed by atoms with E-state index in [4.69, 9.17) is 4.74 Å². The molecule has 144 valence electrons. The number of carbonyl (C=O) groups excluding carboxylic acids is 1. The highest BCUT2D eigenvalue weighted by molar-refractivity contribution is 6.05. The number of hydrogen-bond acceptors (Lipinski definition) is 4. The molecule has 4 heterocycles. The summed E-state index contributed by atoms with van der Waals surface area (Å²) in [5.41, 5.74) is 2.47. The smallest absolute Gasteiger partial charge is 0.275 e. The minimum absolute atomic E-state index is 0.0398. The van der Waals surface area contributed by atoms with Crippen LogP contribution in [-0.2, 0) is 6.61 Å². The van der Waals surface area contributed by atoms with Gasteiger partial charge in [-0.3, -0.25) is 9.89 Å². The summed E-state index contributed by atoms with van der Waals surface area (Å²) in [7, 11) is 0. The predicted molar refractivity (Wildman–Crippen MR) is 107 cm³/mol. The van der Waals surface area contributed by atoms with Crippen LogP contribution in [0.1, 0.15) is 28.9 Å². The molecule has 6 nitrogen and oxygen atoms in total. The monoisotopic (exact) mass is 376 g/mol. The van der Waals surface area contributed by atoms with Crippen molar-refractivity contribution in [1.82, 2.24) is 20.0 Å². The molecule has 3 fully saturated rings. The van der Waals surface area contributed by atoms with Gasteiger partial charge in [-0.1, -0.05) is 30.3 Å². The lowest BCUT2D eigenvalue weighted by molar-refractivity contribution is 0.0681. The molecule has 2 aromatic carbocycles. The molecule has 3 saturated heterocycles. The third-order valence-electron chi connectivity index (χ3n) is 5.90. The zero-order valence-electron chi connectivity index (χ0n) is 15.8. The van der Waals surface area contributed by atoms with E-state index in [0.717, 1.165) is 61.2 Å². The number of ether oxygens (including phenoxy) is 1. The van der Waals surface area contributed by atoms with Crippen molar-refractivity contribution in [2.45, 2.75) is 25.5 Å². The Labute approximate surface area is 164 Å². The van der Waals surface area contributed by atoms with Gasteiger partial charge in [0.05, 0.1) is 5.52 Å². The maximum Gasteiger partial charge on any atom is 0.275 e. The minimum atomic E-state index is 0.0398. The fourth-order valence-electron chi connectivity index (χ4n) is 4.28. The summed E-state index contributed by atoms with van der Waals surface area (Å²) < 4.78 is 5.89. The lowest BCUT2D eigenvalue weighted by Gasteiger charge is -2.31. The molecule has 0 radical (unpaired) electrons. The van der Waals surface area contributed by atoms with E-state index in [-0.39, 0.29) is 5.91 Å². The SMILES string of the molecule is O=C(c1n[nH]c2cc(OCc3ccccc3)ccc12)N1CCN2CCC1CC2. The molecule has 1 aromatic heterocycles. The average molecular weight is 376 g/mol. The number of piperidine rings is 1. The van der Waals surface area contributed by atoms with Gasteiger partial charge in [-0.05, 0) is 30.5 Å². The van der Waals surface area contributed by atoms with E-state index in [0.29, 0.717) is 18.3 Å². The Morgan fingerprint density at radius 1 is 1.07 bits per heavy atom. The summed E-state index contributed by atoms with van der Waals surface area (Å²) in [6, 6.07) is 16.2. The van der Waals surface area contributed by atoms with Gasteiger partial charge in [0.25, 0.3) is 5.91 Å². The van der Waals surface area contributed by atoms with E-state index < -0.39 is 0 Å². The Morgan fingerprint density at radius 3 is 2.71 bits per heavy atom. The first-order chi connectivity index (χ1) is 13.8. The van der Waals surface area contributed by atoms with Crippen LogP contribution in [0.15, 0.2) is 48.5 Å². The molecule has 1 N–H and O–H groups in total. The Balaban J connectivity index is 1.35. The van der Waals surface area contributed by atoms with Crippen LogP contribution < -0.4 is 4.74 Å². The van der Waals surface area contributed by atoms with E-state index in [1.165, 1.54) is 0 Å². The van der Waals surface area contributed by atoms with Gasteiger partial charge in [-0.2, -0.15) is 5.10 Å². The molecular formula is C22H24N4O2. The second-order valence-corrected chi connectivity index (χ2v) is 7.63. The maximum absolute atomic E-state index is 13.2. The molecule has 3 aromatic rings. The van der Waals surface area contributed by atoms with Crippen LogP contribution in [0.4, 0.5) is 0 Å². The molecule has 6 heteroatoms. The lowest BCUT2D eigenvalue weighted by Crippen LogP contribution is -2.41. The quantitative estimate of drug-likeness (QED) is 0.760. The fourth-order valence-corrected chi connectivity index (χ4v) is 4.28. The number of fused-ring (bicyclic) bond motifs is 5. The van der Waals surface area contributed by atoms with Crippen molar-refractivity contribution in [3.63, 3.8) is 0 Å². The molecule has 0 aliphatic carbocycles. The van der Waals surface area contributed by atoms with Gasteiger partial charge in [-0.15, -0.1) is 0 Å². The van der Waals surface area contributed by atoms with Gasteiger partial charge in [0.15, 0.2) is 5.69 Å². The van der Waals surface area contributed by atoms with Gasteiger partial charge >= 0.3 is 0 Å². The van der Waals surface area contributed by atoms with Crippen LogP contribution in [0.25, 0.3) is 10.9 Å². The predicted octanol–water partition coefficient (Wildman–Crippen LogP) is 3.06. The Bertz CT molecular complexity index is 977. The van der Waals surface area contributed by atoms with E-state index in [1.54, 1.807) is 0 Å². The number of nitrogens with zero attached hydrogens (tertiary/aromatic N) is 3. The van der Waals surface area contributed by atoms with Gasteiger partial charge in [-0.25, -0.2) is 0 Å². The number of carbonyl (C=O) groups is 1. The summed E-state index contributed by atoms with van der Waals surface area (Å²) in [4.78, 5) is 17.7. The van der Waals surface area contributed by atoms with Gasteiger partial charge < -0.3 is 14.5 Å². The van der Waals surface area contributed by atoms with Gasteiger partial charge in [0, 0.05) is 43.7 Å². The molecule has 0 atom stereocenters. The Hall–Kier alpha value is -2.86. The molecule has 0 unspecified atom stereocenters. The van der Waals surface area contributed by atoms with Crippen LogP contribution in [0.2, 0.25) is 0 Å². The van der Waals surface area contributed by atoms with E-state index in [9.17, 15) is 4.79 Å². The molecule has 0 spiro atoms. The number of H-pyrrole nitrogens is 1. The highest BCUT2D eigenvalue weighted by Gasteiger charge is 2.33. The molecule has 1 amide bonds. The second kappa shape index (κ2) is 7.28. The topological polar surface area (TPSA) is 61.5 Å². The van der Waals surface area contributed by atoms with Gasteiger partial charge in [0.2, 0.25) is 0 Å². The first-order valence-corrected chi connectivity index (χ1v) is 9.96. The molecular weight excluding hydrogens is 352 g/mol. The van der Waals surface area contributed by atoms with Crippen molar-refractivity contribution in [3.8, 4) is 5.75 Å². The average Bonchev–Trinajstić information content (AvgIpc) is 2.93. The molecule has 6 rings (SSSR count). The summed E-state index contributed by atoms with van der Waals surface area (Å²) in [6.45, 7) is 4.45. The number of amides is 1. The zero-order valence-corrected chi connectivity index (χ0v) is 15.8. The first kappa shape index (κ1) is 17.3. The molecule has 3 aliphatic rings. The molecule has 2 bridgehead atoms. The third-order valence-corrected chi connectivity index (χ3v) is 5.90. The number of benzene rings is 2. The fraction of sp³-hybridized carbons (Fsp3) is 0.364. The van der Waals surface area contributed by atoms with Crippen molar-refractivity contribution in [2.24, 2.45) is 0 Å². The number of nitrogens with one attached hydrogen (secondary N) is 1. The van der Waals surface area contributed by atoms with Crippen molar-refractivity contribution in [3.05, 3.63) is 59.8 Å². The molecule has 3 aliphatic heterocycles. The van der Waals surface area contributed by atoms with Gasteiger partial charge in [0.1, 0.15) is 12.4 Å². The standard InChI is InChI=1S/C22H24N4O2/c27-22(26-13-12-25-10-8-17(26)9-11-25)21-19-7-6-18(14-20(19)23-24-21)28-15-16-4-2-1-3-5-16/h1-7,14,17H,8-13,15H2,(H,23,24). The Morgan fingerprint density at radius 2 is 1.89 bits per heavy atom. The van der Waals surface area contributed by atoms with Crippen LogP contribution >= 0.6 is 0 Å². The Kier molecular flexibility index (Phi) is 4.49. The molecule has 28 heavy (non-hydrogen) atoms. The number of rotatable bonds is 4.